The van der Waals surface area contributed by atoms with Gasteiger partial charge in [-0.05, 0) is 33.1 Å². The zero-order valence-corrected chi connectivity index (χ0v) is 13.6. The van der Waals surface area contributed by atoms with Crippen molar-refractivity contribution in [2.45, 2.75) is 63.2 Å². The smallest absolute Gasteiger partial charge is 0.325 e. The van der Waals surface area contributed by atoms with Gasteiger partial charge < -0.3 is 15.0 Å². The summed E-state index contributed by atoms with van der Waals surface area (Å²) in [4.78, 5) is 11.7. The standard InChI is InChI=1S/C14H24N4O2S/c1-3-20-12(19)14(2,15)8-10-21-13-17-16-11-7-5-4-6-9-18(11)13/h3-10,15H2,1-2H3. The van der Waals surface area contributed by atoms with Crippen LogP contribution in [0.4, 0.5) is 0 Å². The van der Waals surface area contributed by atoms with Crippen LogP contribution in [0.5, 0.6) is 0 Å². The predicted octanol–water partition coefficient (Wildman–Crippen LogP) is 1.77. The number of thioether (sulfide) groups is 1. The molecule has 0 fully saturated rings. The third-order valence-electron chi connectivity index (χ3n) is 3.67. The SMILES string of the molecule is CCOC(=O)C(C)(N)CCSc1nnc2n1CCCCC2. The van der Waals surface area contributed by atoms with E-state index in [1.807, 2.05) is 0 Å². The van der Waals surface area contributed by atoms with Gasteiger partial charge in [0.25, 0.3) is 0 Å². The molecule has 1 unspecified atom stereocenters. The van der Waals surface area contributed by atoms with Crippen molar-refractivity contribution < 1.29 is 9.53 Å². The van der Waals surface area contributed by atoms with Crippen LogP contribution in [0.15, 0.2) is 5.16 Å². The van der Waals surface area contributed by atoms with Crippen LogP contribution in [0.2, 0.25) is 0 Å². The number of carbonyl (C=O) groups is 1. The monoisotopic (exact) mass is 312 g/mol. The maximum Gasteiger partial charge on any atom is 0.325 e. The van der Waals surface area contributed by atoms with Crippen molar-refractivity contribution in [3.05, 3.63) is 5.82 Å². The van der Waals surface area contributed by atoms with Gasteiger partial charge in [0, 0.05) is 18.7 Å². The second-order valence-electron chi connectivity index (χ2n) is 5.60. The fraction of sp³-hybridized carbons (Fsp3) is 0.786. The number of aromatic nitrogens is 3. The molecule has 0 bridgehead atoms. The molecule has 1 atom stereocenters. The minimum absolute atomic E-state index is 0.342. The van der Waals surface area contributed by atoms with Crippen LogP contribution in [0.3, 0.4) is 0 Å². The van der Waals surface area contributed by atoms with E-state index in [0.717, 1.165) is 29.7 Å². The zero-order chi connectivity index (χ0) is 15.3. The van der Waals surface area contributed by atoms with Crippen molar-refractivity contribution in [2.75, 3.05) is 12.4 Å². The van der Waals surface area contributed by atoms with Gasteiger partial charge in [-0.15, -0.1) is 10.2 Å². The van der Waals surface area contributed by atoms with Gasteiger partial charge in [-0.3, -0.25) is 4.79 Å². The number of nitrogens with two attached hydrogens (primary N) is 1. The molecule has 1 aliphatic rings. The largest absolute Gasteiger partial charge is 0.465 e. The van der Waals surface area contributed by atoms with E-state index in [4.69, 9.17) is 10.5 Å². The molecule has 2 N–H and O–H groups in total. The summed E-state index contributed by atoms with van der Waals surface area (Å²) >= 11 is 1.61. The highest BCUT2D eigenvalue weighted by molar-refractivity contribution is 7.99. The molecule has 6 nitrogen and oxygen atoms in total. The first-order valence-electron chi connectivity index (χ1n) is 7.55. The summed E-state index contributed by atoms with van der Waals surface area (Å²) in [6.07, 6.45) is 5.17. The van der Waals surface area contributed by atoms with Crippen molar-refractivity contribution in [2.24, 2.45) is 5.73 Å². The topological polar surface area (TPSA) is 83.0 Å². The van der Waals surface area contributed by atoms with Crippen LogP contribution in [-0.2, 0) is 22.5 Å². The molecule has 0 aliphatic carbocycles. The molecule has 0 saturated carbocycles. The highest BCUT2D eigenvalue weighted by Crippen LogP contribution is 2.24. The lowest BCUT2D eigenvalue weighted by Gasteiger charge is -2.21. The average molecular weight is 312 g/mol. The van der Waals surface area contributed by atoms with Gasteiger partial charge in [-0.25, -0.2) is 0 Å². The Labute approximate surface area is 129 Å². The minimum Gasteiger partial charge on any atom is -0.465 e. The molecule has 118 valence electrons. The predicted molar refractivity (Wildman–Crippen MR) is 82.1 cm³/mol. The number of hydrogen-bond donors (Lipinski definition) is 1. The highest BCUT2D eigenvalue weighted by Gasteiger charge is 2.29. The van der Waals surface area contributed by atoms with E-state index in [2.05, 4.69) is 14.8 Å². The molecule has 1 aromatic rings. The summed E-state index contributed by atoms with van der Waals surface area (Å²) in [5.74, 6) is 1.46. The molecular formula is C14H24N4O2S. The van der Waals surface area contributed by atoms with Crippen LogP contribution < -0.4 is 5.73 Å². The Bertz CT molecular complexity index is 487. The molecule has 21 heavy (non-hydrogen) atoms. The summed E-state index contributed by atoms with van der Waals surface area (Å²) in [6, 6.07) is 0. The van der Waals surface area contributed by atoms with Gasteiger partial charge in [0.15, 0.2) is 5.16 Å². The van der Waals surface area contributed by atoms with E-state index < -0.39 is 5.54 Å². The number of carbonyl (C=O) groups excluding carboxylic acids is 1. The maximum atomic E-state index is 11.7. The number of ether oxygens (including phenoxy) is 1. The summed E-state index contributed by atoms with van der Waals surface area (Å²) < 4.78 is 7.20. The number of aryl methyl sites for hydroxylation is 1. The van der Waals surface area contributed by atoms with Crippen LogP contribution >= 0.6 is 11.8 Å². The van der Waals surface area contributed by atoms with E-state index in [9.17, 15) is 4.79 Å². The third-order valence-corrected chi connectivity index (χ3v) is 4.64. The number of fused-ring (bicyclic) bond motifs is 1. The zero-order valence-electron chi connectivity index (χ0n) is 12.8. The Morgan fingerprint density at radius 1 is 1.43 bits per heavy atom. The van der Waals surface area contributed by atoms with Crippen molar-refractivity contribution in [3.63, 3.8) is 0 Å². The molecule has 0 aromatic carbocycles. The van der Waals surface area contributed by atoms with Gasteiger partial charge >= 0.3 is 5.97 Å². The second-order valence-corrected chi connectivity index (χ2v) is 6.66. The van der Waals surface area contributed by atoms with Crippen LogP contribution in [0.1, 0.15) is 45.4 Å². The van der Waals surface area contributed by atoms with E-state index >= 15 is 0 Å². The van der Waals surface area contributed by atoms with E-state index in [-0.39, 0.29) is 5.97 Å². The first-order chi connectivity index (χ1) is 10.0. The van der Waals surface area contributed by atoms with Crippen LogP contribution in [0.25, 0.3) is 0 Å². The number of rotatable bonds is 6. The van der Waals surface area contributed by atoms with Crippen LogP contribution in [-0.4, -0.2) is 38.6 Å². The number of hydrogen-bond acceptors (Lipinski definition) is 6. The molecule has 0 radical (unpaired) electrons. The first kappa shape index (κ1) is 16.3. The molecule has 1 aromatic heterocycles. The summed E-state index contributed by atoms with van der Waals surface area (Å²) in [7, 11) is 0. The molecule has 1 aliphatic heterocycles. The van der Waals surface area contributed by atoms with Gasteiger partial charge in [-0.2, -0.15) is 0 Å². The third kappa shape index (κ3) is 4.20. The van der Waals surface area contributed by atoms with Gasteiger partial charge in [0.2, 0.25) is 0 Å². The second kappa shape index (κ2) is 7.26. The number of esters is 1. The lowest BCUT2D eigenvalue weighted by atomic mass is 10.0. The lowest BCUT2D eigenvalue weighted by molar-refractivity contribution is -0.149. The van der Waals surface area contributed by atoms with Crippen molar-refractivity contribution >= 4 is 17.7 Å². The Kier molecular flexibility index (Phi) is 5.64. The Hall–Kier alpha value is -1.08. The first-order valence-corrected chi connectivity index (χ1v) is 8.54. The van der Waals surface area contributed by atoms with Gasteiger partial charge in [-0.1, -0.05) is 18.2 Å². The molecule has 7 heteroatoms. The van der Waals surface area contributed by atoms with Crippen molar-refractivity contribution in [3.8, 4) is 0 Å². The Morgan fingerprint density at radius 2 is 2.24 bits per heavy atom. The van der Waals surface area contributed by atoms with E-state index in [1.165, 1.54) is 19.3 Å². The van der Waals surface area contributed by atoms with Crippen molar-refractivity contribution in [1.29, 1.82) is 0 Å². The molecule has 0 saturated heterocycles. The summed E-state index contributed by atoms with van der Waals surface area (Å²) in [5, 5.41) is 9.46. The molecule has 0 amide bonds. The van der Waals surface area contributed by atoms with Crippen LogP contribution in [0, 0.1) is 0 Å². The van der Waals surface area contributed by atoms with Crippen molar-refractivity contribution in [1.82, 2.24) is 14.8 Å². The van der Waals surface area contributed by atoms with Gasteiger partial charge in [0.05, 0.1) is 6.61 Å². The molecule has 2 rings (SSSR count). The quantitative estimate of drug-likeness (QED) is 0.636. The van der Waals surface area contributed by atoms with E-state index in [0.29, 0.717) is 13.0 Å². The normalized spacial score (nSPS) is 17.7. The Morgan fingerprint density at radius 3 is 3.00 bits per heavy atom. The molecule has 2 heterocycles. The minimum atomic E-state index is -0.940. The molecule has 0 spiro atoms. The fourth-order valence-corrected chi connectivity index (χ4v) is 3.48. The maximum absolute atomic E-state index is 11.7. The number of nitrogens with zero attached hydrogens (tertiary/aromatic N) is 3. The molecular weight excluding hydrogens is 288 g/mol. The van der Waals surface area contributed by atoms with E-state index in [1.54, 1.807) is 25.6 Å². The lowest BCUT2D eigenvalue weighted by Crippen LogP contribution is -2.46. The van der Waals surface area contributed by atoms with Gasteiger partial charge in [0.1, 0.15) is 11.4 Å². The summed E-state index contributed by atoms with van der Waals surface area (Å²) in [6.45, 7) is 4.85. The summed E-state index contributed by atoms with van der Waals surface area (Å²) in [5.41, 5.74) is 5.08. The highest BCUT2D eigenvalue weighted by atomic mass is 32.2. The Balaban J connectivity index is 1.89. The fourth-order valence-electron chi connectivity index (χ4n) is 2.32. The average Bonchev–Trinajstić information content (AvgIpc) is 2.68.